The monoisotopic (exact) mass is 664 g/mol. The van der Waals surface area contributed by atoms with Crippen LogP contribution in [0.5, 0.6) is 11.5 Å². The number of nitrogens with zero attached hydrogens (tertiary/aromatic N) is 4. The van der Waals surface area contributed by atoms with Crippen LogP contribution in [0.1, 0.15) is 37.9 Å². The number of aryl methyl sites for hydroxylation is 1. The van der Waals surface area contributed by atoms with E-state index in [-0.39, 0.29) is 41.3 Å². The number of carbonyl (C=O) groups is 1. The van der Waals surface area contributed by atoms with Crippen LogP contribution in [-0.4, -0.2) is 57.7 Å². The summed E-state index contributed by atoms with van der Waals surface area (Å²) >= 11 is 0. The molecule has 2 aliphatic rings. The number of rotatable bonds is 5. The predicted octanol–water partition coefficient (Wildman–Crippen LogP) is 8.17. The van der Waals surface area contributed by atoms with Crippen molar-refractivity contribution < 1.29 is 27.8 Å². The molecule has 5 aromatic rings. The Bertz CT molecular complexity index is 2130. The molecule has 7 nitrogen and oxygen atoms in total. The fourth-order valence-electron chi connectivity index (χ4n) is 7.38. The molecule has 0 aliphatic carbocycles. The molecular formula is C39H35F3N4O3. The van der Waals surface area contributed by atoms with Crippen LogP contribution in [0.25, 0.3) is 44.2 Å². The third kappa shape index (κ3) is 5.08. The number of amides is 1. The third-order valence-electron chi connectivity index (χ3n) is 9.60. The molecule has 1 fully saturated rings. The van der Waals surface area contributed by atoms with Crippen LogP contribution in [0.2, 0.25) is 0 Å². The minimum absolute atomic E-state index is 0.0242. The molecule has 3 aromatic carbocycles. The van der Waals surface area contributed by atoms with Crippen molar-refractivity contribution in [3.8, 4) is 44.9 Å². The number of phenolic OH excluding ortho intramolecular Hbond substituents is 1. The first-order valence-electron chi connectivity index (χ1n) is 16.2. The topological polar surface area (TPSA) is 78.8 Å². The van der Waals surface area contributed by atoms with Gasteiger partial charge in [-0.3, -0.25) is 14.8 Å². The van der Waals surface area contributed by atoms with Crippen molar-refractivity contribution in [1.82, 2.24) is 14.9 Å². The molecule has 2 aromatic heterocycles. The van der Waals surface area contributed by atoms with Crippen LogP contribution < -0.4 is 9.64 Å². The maximum Gasteiger partial charge on any atom is 0.246 e. The van der Waals surface area contributed by atoms with E-state index in [4.69, 9.17) is 9.72 Å². The van der Waals surface area contributed by atoms with Gasteiger partial charge in [0.25, 0.3) is 0 Å². The molecule has 0 bridgehead atoms. The summed E-state index contributed by atoms with van der Waals surface area (Å²) < 4.78 is 56.2. The number of aromatic nitrogens is 2. The van der Waals surface area contributed by atoms with Gasteiger partial charge >= 0.3 is 0 Å². The van der Waals surface area contributed by atoms with Crippen molar-refractivity contribution in [2.24, 2.45) is 0 Å². The second-order valence-corrected chi connectivity index (χ2v) is 13.0. The second kappa shape index (κ2) is 12.3. The van der Waals surface area contributed by atoms with Gasteiger partial charge in [0, 0.05) is 70.7 Å². The van der Waals surface area contributed by atoms with Gasteiger partial charge in [-0.2, -0.15) is 0 Å². The zero-order valence-electron chi connectivity index (χ0n) is 27.6. The number of carbonyl (C=O) groups excluding carboxylic acids is 1. The number of phenols is 1. The molecule has 10 heteroatoms. The van der Waals surface area contributed by atoms with Crippen molar-refractivity contribution in [3.05, 3.63) is 102 Å². The average Bonchev–Trinajstić information content (AvgIpc) is 3.08. The highest BCUT2D eigenvalue weighted by Crippen LogP contribution is 2.56. The van der Waals surface area contributed by atoms with Crippen molar-refractivity contribution in [1.29, 1.82) is 0 Å². The molecule has 1 N–H and O–H groups in total. The Balaban J connectivity index is 1.68. The van der Waals surface area contributed by atoms with Crippen molar-refractivity contribution >= 4 is 22.4 Å². The average molecular weight is 665 g/mol. The highest BCUT2D eigenvalue weighted by atomic mass is 19.1. The zero-order chi connectivity index (χ0) is 34.7. The van der Waals surface area contributed by atoms with Gasteiger partial charge in [0.15, 0.2) is 5.75 Å². The van der Waals surface area contributed by atoms with Crippen LogP contribution in [0.3, 0.4) is 0 Å². The summed E-state index contributed by atoms with van der Waals surface area (Å²) in [6.07, 6.45) is 6.27. The van der Waals surface area contributed by atoms with Crippen LogP contribution >= 0.6 is 0 Å². The number of aromatic hydroxyl groups is 1. The summed E-state index contributed by atoms with van der Waals surface area (Å²) in [5.41, 5.74) is 2.87. The zero-order valence-corrected chi connectivity index (χ0v) is 27.6. The Morgan fingerprint density at radius 1 is 1.02 bits per heavy atom. The van der Waals surface area contributed by atoms with E-state index in [1.54, 1.807) is 29.6 Å². The van der Waals surface area contributed by atoms with Gasteiger partial charge in [0.05, 0.1) is 28.6 Å². The third-order valence-corrected chi connectivity index (χ3v) is 9.60. The number of benzene rings is 3. The SMILES string of the molecule is C=CC(=O)N1CC2COc3c(-c4cccnc4)c(-c4c(C)ccnc4C(C)C)c4c(F)c(-c5c(O)cccc5F)c(F)cc4c3N2CC1C. The van der Waals surface area contributed by atoms with Gasteiger partial charge < -0.3 is 19.6 Å². The number of halogens is 3. The molecular weight excluding hydrogens is 629 g/mol. The molecule has 4 heterocycles. The number of anilines is 1. The van der Waals surface area contributed by atoms with Crippen LogP contribution in [-0.2, 0) is 4.79 Å². The summed E-state index contributed by atoms with van der Waals surface area (Å²) in [7, 11) is 0. The van der Waals surface area contributed by atoms with Crippen LogP contribution in [0, 0.1) is 24.4 Å². The maximum atomic E-state index is 17.7. The molecule has 2 aliphatic heterocycles. The Labute approximate surface area is 282 Å². The lowest BCUT2D eigenvalue weighted by molar-refractivity contribution is -0.129. The van der Waals surface area contributed by atoms with E-state index in [2.05, 4.69) is 16.5 Å². The van der Waals surface area contributed by atoms with Crippen LogP contribution in [0.4, 0.5) is 18.9 Å². The van der Waals surface area contributed by atoms with Gasteiger partial charge in [-0.1, -0.05) is 32.6 Å². The molecule has 0 spiro atoms. The standard InChI is InChI=1S/C39H35F3N4O3/c1-6-29(48)45-18-24-19-49-39-31(23-9-8-13-43-16-23)35(30-21(4)12-14-44-37(30)20(2)3)32-25(38(39)46(24)17-22(45)5)15-27(41)34(36(32)42)33-26(40)10-7-11-28(33)47/h6-16,20,22,24,47H,1,17-19H2,2-5H3. The van der Waals surface area contributed by atoms with Crippen molar-refractivity contribution in [2.45, 2.75) is 45.7 Å². The van der Waals surface area contributed by atoms with Gasteiger partial charge in [0.1, 0.15) is 29.8 Å². The fraction of sp³-hybridized carbons (Fsp3) is 0.256. The lowest BCUT2D eigenvalue weighted by Crippen LogP contribution is -2.61. The first kappa shape index (κ1) is 32.2. The molecule has 250 valence electrons. The highest BCUT2D eigenvalue weighted by Gasteiger charge is 2.42. The molecule has 0 radical (unpaired) electrons. The molecule has 2 atom stereocenters. The summed E-state index contributed by atoms with van der Waals surface area (Å²) in [5, 5.41) is 11.0. The lowest BCUT2D eigenvalue weighted by Gasteiger charge is -2.49. The van der Waals surface area contributed by atoms with E-state index in [1.807, 2.05) is 39.8 Å². The fourth-order valence-corrected chi connectivity index (χ4v) is 7.38. The summed E-state index contributed by atoms with van der Waals surface area (Å²) in [4.78, 5) is 25.7. The Morgan fingerprint density at radius 2 is 1.82 bits per heavy atom. The quantitative estimate of drug-likeness (QED) is 0.191. The van der Waals surface area contributed by atoms with E-state index in [0.29, 0.717) is 52.5 Å². The minimum Gasteiger partial charge on any atom is -0.507 e. The van der Waals surface area contributed by atoms with Crippen molar-refractivity contribution in [2.75, 3.05) is 24.6 Å². The molecule has 1 amide bonds. The number of hydrogen-bond donors (Lipinski definition) is 1. The Kier molecular flexibility index (Phi) is 8.05. The smallest absolute Gasteiger partial charge is 0.246 e. The Hall–Kier alpha value is -5.38. The lowest BCUT2D eigenvalue weighted by atomic mass is 9.82. The number of fused-ring (bicyclic) bond motifs is 5. The van der Waals surface area contributed by atoms with E-state index in [9.17, 15) is 9.90 Å². The minimum atomic E-state index is -1.05. The summed E-state index contributed by atoms with van der Waals surface area (Å²) in [5.74, 6) is -3.53. The van der Waals surface area contributed by atoms with Crippen LogP contribution in [0.15, 0.2) is 73.7 Å². The first-order chi connectivity index (χ1) is 23.5. The van der Waals surface area contributed by atoms with Gasteiger partial charge in [0.2, 0.25) is 5.91 Å². The number of ether oxygens (including phenoxy) is 1. The van der Waals surface area contributed by atoms with E-state index in [1.165, 1.54) is 24.3 Å². The number of piperazine rings is 1. The highest BCUT2D eigenvalue weighted by molar-refractivity contribution is 6.16. The van der Waals surface area contributed by atoms with Gasteiger partial charge in [-0.25, -0.2) is 13.2 Å². The molecule has 1 saturated heterocycles. The Morgan fingerprint density at radius 3 is 2.51 bits per heavy atom. The molecule has 0 saturated carbocycles. The molecule has 2 unspecified atom stereocenters. The van der Waals surface area contributed by atoms with E-state index < -0.39 is 34.3 Å². The second-order valence-electron chi connectivity index (χ2n) is 13.0. The molecule has 49 heavy (non-hydrogen) atoms. The summed E-state index contributed by atoms with van der Waals surface area (Å²) in [6, 6.07) is 9.58. The van der Waals surface area contributed by atoms with Gasteiger partial charge in [-0.05, 0) is 61.7 Å². The van der Waals surface area contributed by atoms with E-state index >= 15 is 13.2 Å². The molecule has 7 rings (SSSR count). The van der Waals surface area contributed by atoms with E-state index in [0.717, 1.165) is 11.6 Å². The maximum absolute atomic E-state index is 17.7. The van der Waals surface area contributed by atoms with Gasteiger partial charge in [-0.15, -0.1) is 0 Å². The summed E-state index contributed by atoms with van der Waals surface area (Å²) in [6.45, 7) is 12.3. The first-order valence-corrected chi connectivity index (χ1v) is 16.2. The predicted molar refractivity (Wildman–Crippen MR) is 184 cm³/mol. The number of hydrogen-bond acceptors (Lipinski definition) is 6. The largest absolute Gasteiger partial charge is 0.507 e. The van der Waals surface area contributed by atoms with Crippen molar-refractivity contribution in [3.63, 3.8) is 0 Å². The number of pyridine rings is 2. The normalized spacial score (nSPS) is 17.1.